The third-order valence-corrected chi connectivity index (χ3v) is 13.5. The Morgan fingerprint density at radius 2 is 1.54 bits per heavy atom. The molecule has 4 rings (SSSR count). The van der Waals surface area contributed by atoms with Crippen molar-refractivity contribution in [3.63, 3.8) is 0 Å². The number of hydrogen-bond donors (Lipinski definition) is 5. The number of rotatable bonds is 3. The van der Waals surface area contributed by atoms with Crippen LogP contribution in [0.4, 0.5) is 0 Å². The molecule has 3 heterocycles. The van der Waals surface area contributed by atoms with Crippen LogP contribution in [0.5, 0.6) is 0 Å². The fourth-order valence-corrected chi connectivity index (χ4v) is 9.20. The van der Waals surface area contributed by atoms with E-state index in [4.69, 9.17) is 9.47 Å². The minimum absolute atomic E-state index is 0.0463. The van der Waals surface area contributed by atoms with Crippen molar-refractivity contribution in [2.45, 2.75) is 180 Å². The van der Waals surface area contributed by atoms with E-state index in [0.717, 1.165) is 0 Å². The molecule has 2 saturated heterocycles. The van der Waals surface area contributed by atoms with E-state index in [0.29, 0.717) is 75.5 Å². The average Bonchev–Trinajstić information content (AvgIpc) is 3.67. The van der Waals surface area contributed by atoms with Gasteiger partial charge in [-0.2, -0.15) is 0 Å². The second-order valence-corrected chi connectivity index (χ2v) is 18.6. The molecule has 0 aromatic heterocycles. The Bertz CT molecular complexity index is 1570. The van der Waals surface area contributed by atoms with Crippen molar-refractivity contribution in [2.75, 3.05) is 6.54 Å². The number of fused-ring (bicyclic) bond motifs is 3. The van der Waals surface area contributed by atoms with Crippen LogP contribution >= 0.6 is 0 Å². The topological polar surface area (TPSA) is 191 Å². The molecule has 59 heavy (non-hydrogen) atoms. The minimum atomic E-state index is -1.80. The van der Waals surface area contributed by atoms with Gasteiger partial charge in [-0.3, -0.25) is 14.4 Å². The number of ether oxygens (including phenoxy) is 2. The monoisotopic (exact) mass is 828 g/mol. The van der Waals surface area contributed by atoms with E-state index in [1.807, 2.05) is 65.0 Å². The zero-order chi connectivity index (χ0) is 43.6. The van der Waals surface area contributed by atoms with E-state index in [2.05, 4.69) is 0 Å². The normalized spacial score (nSPS) is 41.8. The van der Waals surface area contributed by atoms with Crippen molar-refractivity contribution in [3.8, 4) is 0 Å². The molecule has 0 radical (unpaired) electrons. The van der Waals surface area contributed by atoms with E-state index in [1.165, 1.54) is 4.90 Å². The number of esters is 1. The van der Waals surface area contributed by atoms with Crippen molar-refractivity contribution in [1.82, 2.24) is 4.90 Å². The summed E-state index contributed by atoms with van der Waals surface area (Å²) in [4.78, 5) is 56.4. The number of carbonyl (C=O) groups excluding carboxylic acids is 4. The van der Waals surface area contributed by atoms with Crippen LogP contribution in [0, 0.1) is 35.5 Å². The average molecular weight is 828 g/mol. The summed E-state index contributed by atoms with van der Waals surface area (Å²) in [6.07, 6.45) is 10.6. The maximum Gasteiger partial charge on any atom is 0.329 e. The summed E-state index contributed by atoms with van der Waals surface area (Å²) >= 11 is 0. The van der Waals surface area contributed by atoms with Gasteiger partial charge < -0.3 is 39.9 Å². The van der Waals surface area contributed by atoms with Gasteiger partial charge in [-0.15, -0.1) is 0 Å². The standard InChI is InChI=1S/C47H73NO11/c1-28-12-9-8-10-13-29(2)39(50)24-36-17-15-34(7)47(57,59-36)27-45(55)48-19-11-14-37(48)46(56)58-44(33(6)22-35-16-18-38(49)43(54)23-35)26-42(53)32(5)21-31(4)41(52)25-40(51)30(3)20-28/h8-10,12-13,21,28,30,32-39,41,43-44,49-50,52,54,57H,11,14-20,22-27H2,1-7H3/b10-8+,12-9+,29-13+,31-21+/t28-,30-,32-,33-,34-,35+,36+,37?,38-,39+,41+,43-,44+,47+/m1/s1. The van der Waals surface area contributed by atoms with Crippen LogP contribution in [0.15, 0.2) is 47.6 Å². The zero-order valence-corrected chi connectivity index (χ0v) is 36.5. The molecule has 3 aliphatic heterocycles. The first kappa shape index (κ1) is 48.7. The molecule has 1 aliphatic carbocycles. The van der Waals surface area contributed by atoms with Gasteiger partial charge in [0, 0.05) is 43.6 Å². The van der Waals surface area contributed by atoms with Gasteiger partial charge in [0.1, 0.15) is 23.7 Å². The second-order valence-electron chi connectivity index (χ2n) is 18.6. The zero-order valence-electron chi connectivity index (χ0n) is 36.5. The molecule has 12 heteroatoms. The highest BCUT2D eigenvalue weighted by atomic mass is 16.6. The second kappa shape index (κ2) is 22.2. The molecular formula is C47H73NO11. The Kier molecular flexibility index (Phi) is 18.3. The molecular weight excluding hydrogens is 755 g/mol. The molecule has 0 aromatic carbocycles. The lowest BCUT2D eigenvalue weighted by Gasteiger charge is -2.43. The van der Waals surface area contributed by atoms with Gasteiger partial charge in [0.25, 0.3) is 0 Å². The maximum atomic E-state index is 14.0. The van der Waals surface area contributed by atoms with Gasteiger partial charge in [0.05, 0.1) is 36.9 Å². The molecule has 1 saturated carbocycles. The fourth-order valence-electron chi connectivity index (χ4n) is 9.20. The first-order chi connectivity index (χ1) is 27.8. The number of aliphatic hydroxyl groups is 5. The highest BCUT2D eigenvalue weighted by molar-refractivity contribution is 5.87. The Labute approximate surface area is 351 Å². The van der Waals surface area contributed by atoms with Gasteiger partial charge in [-0.25, -0.2) is 4.79 Å². The number of aliphatic hydroxyl groups excluding tert-OH is 4. The Balaban J connectivity index is 1.60. The molecule has 0 aromatic rings. The number of hydrogen-bond acceptors (Lipinski definition) is 11. The first-order valence-electron chi connectivity index (χ1n) is 22.2. The van der Waals surface area contributed by atoms with Gasteiger partial charge in [-0.1, -0.05) is 71.1 Å². The lowest BCUT2D eigenvalue weighted by atomic mass is 9.78. The van der Waals surface area contributed by atoms with E-state index in [9.17, 15) is 44.7 Å². The van der Waals surface area contributed by atoms with Gasteiger partial charge in [0.2, 0.25) is 5.91 Å². The fraction of sp³-hybridized carbons (Fsp3) is 0.745. The quantitative estimate of drug-likeness (QED) is 0.174. The summed E-state index contributed by atoms with van der Waals surface area (Å²) in [5, 5.41) is 54.3. The van der Waals surface area contributed by atoms with Gasteiger partial charge >= 0.3 is 5.97 Å². The van der Waals surface area contributed by atoms with E-state index in [1.54, 1.807) is 19.9 Å². The highest BCUT2D eigenvalue weighted by Crippen LogP contribution is 2.38. The third kappa shape index (κ3) is 14.0. The number of ketones is 2. The lowest BCUT2D eigenvalue weighted by molar-refractivity contribution is -0.283. The SMILES string of the molecule is C/C1=C\[C@@H](C)C(=O)C[C@@H]([C@H](C)C[C@@H]2CC[C@@H](O)[C@H](O)C2)OC(=O)C2CCCN2C(=O)C[C@]2(O)O[C@@H](CC[C@H]2C)C[C@H](O)/C(C)=C/C=C/C=C/[C@@H](C)C[C@@H](C)C(=O)C[C@@H]1O. The number of Topliss-reactive ketones (excluding diaryl/α,β-unsaturated/α-hetero) is 2. The van der Waals surface area contributed by atoms with Crippen LogP contribution in [-0.4, -0.2) is 109 Å². The molecule has 1 amide bonds. The van der Waals surface area contributed by atoms with Crippen LogP contribution in [-0.2, 0) is 28.7 Å². The van der Waals surface area contributed by atoms with Gasteiger partial charge in [0.15, 0.2) is 5.79 Å². The molecule has 332 valence electrons. The Morgan fingerprint density at radius 1 is 0.814 bits per heavy atom. The molecule has 1 unspecified atom stereocenters. The first-order valence-corrected chi connectivity index (χ1v) is 22.2. The van der Waals surface area contributed by atoms with Crippen LogP contribution in [0.2, 0.25) is 0 Å². The summed E-state index contributed by atoms with van der Waals surface area (Å²) in [6, 6.07) is -0.913. The number of amides is 1. The van der Waals surface area contributed by atoms with E-state index in [-0.39, 0.29) is 66.8 Å². The largest absolute Gasteiger partial charge is 0.460 e. The molecule has 3 fully saturated rings. The lowest BCUT2D eigenvalue weighted by Crippen LogP contribution is -2.52. The van der Waals surface area contributed by atoms with Crippen LogP contribution in [0.3, 0.4) is 0 Å². The predicted molar refractivity (Wildman–Crippen MR) is 224 cm³/mol. The summed E-state index contributed by atoms with van der Waals surface area (Å²) in [5.74, 6) is -4.65. The molecule has 2 bridgehead atoms. The van der Waals surface area contributed by atoms with Crippen molar-refractivity contribution in [1.29, 1.82) is 0 Å². The molecule has 12 nitrogen and oxygen atoms in total. The van der Waals surface area contributed by atoms with Crippen LogP contribution < -0.4 is 0 Å². The summed E-state index contributed by atoms with van der Waals surface area (Å²) < 4.78 is 12.4. The van der Waals surface area contributed by atoms with Crippen molar-refractivity contribution in [2.24, 2.45) is 35.5 Å². The van der Waals surface area contributed by atoms with Crippen molar-refractivity contribution in [3.05, 3.63) is 47.6 Å². The van der Waals surface area contributed by atoms with Crippen LogP contribution in [0.1, 0.15) is 132 Å². The predicted octanol–water partition coefficient (Wildman–Crippen LogP) is 5.68. The number of nitrogens with zero attached hydrogens (tertiary/aromatic N) is 1. The molecule has 5 N–H and O–H groups in total. The Hall–Kier alpha value is -3.00. The number of carbonyl (C=O) groups is 4. The molecule has 0 spiro atoms. The Morgan fingerprint density at radius 3 is 2.25 bits per heavy atom. The summed E-state index contributed by atoms with van der Waals surface area (Å²) in [7, 11) is 0. The summed E-state index contributed by atoms with van der Waals surface area (Å²) in [5.41, 5.74) is 1.22. The molecule has 4 aliphatic rings. The minimum Gasteiger partial charge on any atom is -0.460 e. The van der Waals surface area contributed by atoms with Crippen molar-refractivity contribution >= 4 is 23.4 Å². The number of allylic oxidation sites excluding steroid dienone is 6. The number of cyclic esters (lactones) is 1. The third-order valence-electron chi connectivity index (χ3n) is 13.5. The summed E-state index contributed by atoms with van der Waals surface area (Å²) in [6.45, 7) is 13.1. The van der Waals surface area contributed by atoms with E-state index >= 15 is 0 Å². The maximum absolute atomic E-state index is 14.0. The van der Waals surface area contributed by atoms with Crippen molar-refractivity contribution < 1.29 is 54.2 Å². The molecule has 14 atom stereocenters. The van der Waals surface area contributed by atoms with Gasteiger partial charge in [-0.05, 0) is 101 Å². The van der Waals surface area contributed by atoms with Crippen LogP contribution in [0.25, 0.3) is 0 Å². The smallest absolute Gasteiger partial charge is 0.329 e. The highest BCUT2D eigenvalue weighted by Gasteiger charge is 2.47. The van der Waals surface area contributed by atoms with E-state index < -0.39 is 66.2 Å².